The van der Waals surface area contributed by atoms with Crippen LogP contribution in [0.2, 0.25) is 10.0 Å². The zero-order valence-electron chi connectivity index (χ0n) is 12.2. The van der Waals surface area contributed by atoms with Crippen LogP contribution in [0.5, 0.6) is 0 Å². The lowest BCUT2D eigenvalue weighted by molar-refractivity contribution is -0.143. The quantitative estimate of drug-likeness (QED) is 0.879. The number of benzene rings is 1. The summed E-state index contributed by atoms with van der Waals surface area (Å²) in [5.41, 5.74) is 7.63. The Morgan fingerprint density at radius 2 is 2.14 bits per heavy atom. The average molecular weight is 345 g/mol. The summed E-state index contributed by atoms with van der Waals surface area (Å²) >= 11 is 12.3. The number of amides is 1. The number of nitrogens with two attached hydrogens (primary N) is 1. The Morgan fingerprint density at radius 1 is 1.45 bits per heavy atom. The van der Waals surface area contributed by atoms with Crippen molar-refractivity contribution in [2.75, 3.05) is 6.54 Å². The minimum atomic E-state index is -1.09. The number of halogens is 2. The van der Waals surface area contributed by atoms with Crippen LogP contribution in [-0.4, -0.2) is 34.5 Å². The smallest absolute Gasteiger partial charge is 0.305 e. The predicted octanol–water partition coefficient (Wildman–Crippen LogP) is 2.63. The van der Waals surface area contributed by atoms with Crippen molar-refractivity contribution in [1.82, 2.24) is 4.90 Å². The Bertz CT molecular complexity index is 607. The molecule has 120 valence electrons. The van der Waals surface area contributed by atoms with E-state index >= 15 is 0 Å². The van der Waals surface area contributed by atoms with Gasteiger partial charge in [-0.1, -0.05) is 30.1 Å². The highest BCUT2D eigenvalue weighted by Crippen LogP contribution is 2.38. The number of carbonyl (C=O) groups is 2. The summed E-state index contributed by atoms with van der Waals surface area (Å²) in [6.07, 6.45) is 0.900. The number of fused-ring (bicyclic) bond motifs is 1. The maximum atomic E-state index is 12.5. The van der Waals surface area contributed by atoms with Gasteiger partial charge in [-0.2, -0.15) is 0 Å². The molecule has 7 heteroatoms. The van der Waals surface area contributed by atoms with E-state index in [1.165, 1.54) is 0 Å². The van der Waals surface area contributed by atoms with Crippen LogP contribution >= 0.6 is 23.2 Å². The molecule has 2 atom stereocenters. The third kappa shape index (κ3) is 3.37. The van der Waals surface area contributed by atoms with Gasteiger partial charge in [-0.15, -0.1) is 0 Å². The topological polar surface area (TPSA) is 83.6 Å². The van der Waals surface area contributed by atoms with Crippen LogP contribution in [0.1, 0.15) is 36.9 Å². The molecule has 1 aliphatic heterocycles. The lowest BCUT2D eigenvalue weighted by atomic mass is 9.90. The SMILES string of the molecule is CCC1c2cc(Cl)cc(Cl)c2CCN1C(=O)[C@@H](N)CC(=O)O. The highest BCUT2D eigenvalue weighted by atomic mass is 35.5. The van der Waals surface area contributed by atoms with Crippen LogP contribution in [0, 0.1) is 0 Å². The molecule has 0 radical (unpaired) electrons. The number of carboxylic acids is 1. The first-order chi connectivity index (χ1) is 10.3. The van der Waals surface area contributed by atoms with Crippen LogP contribution in [0.3, 0.4) is 0 Å². The Hall–Kier alpha value is -1.30. The van der Waals surface area contributed by atoms with E-state index in [-0.39, 0.29) is 18.4 Å². The summed E-state index contributed by atoms with van der Waals surface area (Å²) in [5, 5.41) is 9.92. The fraction of sp³-hybridized carbons (Fsp3) is 0.467. The van der Waals surface area contributed by atoms with E-state index in [4.69, 9.17) is 34.0 Å². The summed E-state index contributed by atoms with van der Waals surface area (Å²) < 4.78 is 0. The van der Waals surface area contributed by atoms with Crippen molar-refractivity contribution >= 4 is 35.1 Å². The monoisotopic (exact) mass is 344 g/mol. The van der Waals surface area contributed by atoms with E-state index in [9.17, 15) is 9.59 Å². The van der Waals surface area contributed by atoms with Crippen molar-refractivity contribution in [1.29, 1.82) is 0 Å². The number of aliphatic carboxylic acids is 1. The van der Waals surface area contributed by atoms with Crippen molar-refractivity contribution in [3.05, 3.63) is 33.3 Å². The molecule has 1 amide bonds. The lowest BCUT2D eigenvalue weighted by Gasteiger charge is -2.38. The fourth-order valence-electron chi connectivity index (χ4n) is 2.93. The largest absolute Gasteiger partial charge is 0.481 e. The van der Waals surface area contributed by atoms with Crippen molar-refractivity contribution in [3.8, 4) is 0 Å². The summed E-state index contributed by atoms with van der Waals surface area (Å²) in [7, 11) is 0. The Balaban J connectivity index is 2.32. The van der Waals surface area contributed by atoms with Gasteiger partial charge in [0.1, 0.15) is 0 Å². The number of carboxylic acid groups (broad SMARTS) is 1. The first-order valence-corrected chi connectivity index (χ1v) is 7.86. The van der Waals surface area contributed by atoms with E-state index < -0.39 is 12.0 Å². The minimum Gasteiger partial charge on any atom is -0.481 e. The molecule has 2 rings (SSSR count). The molecule has 0 aromatic heterocycles. The maximum Gasteiger partial charge on any atom is 0.305 e. The van der Waals surface area contributed by atoms with Gasteiger partial charge in [-0.25, -0.2) is 0 Å². The van der Waals surface area contributed by atoms with Gasteiger partial charge in [0.25, 0.3) is 0 Å². The van der Waals surface area contributed by atoms with Gasteiger partial charge < -0.3 is 15.7 Å². The van der Waals surface area contributed by atoms with Gasteiger partial charge in [-0.3, -0.25) is 9.59 Å². The van der Waals surface area contributed by atoms with E-state index in [2.05, 4.69) is 0 Å². The van der Waals surface area contributed by atoms with E-state index in [0.717, 1.165) is 11.1 Å². The number of rotatable bonds is 4. The highest BCUT2D eigenvalue weighted by molar-refractivity contribution is 6.35. The molecule has 0 saturated heterocycles. The Kier molecular flexibility index (Phi) is 5.32. The average Bonchev–Trinajstić information content (AvgIpc) is 2.44. The minimum absolute atomic E-state index is 0.188. The second-order valence-corrected chi connectivity index (χ2v) is 6.21. The molecule has 0 aliphatic carbocycles. The van der Waals surface area contributed by atoms with Gasteiger partial charge in [0, 0.05) is 16.6 Å². The first kappa shape index (κ1) is 17.1. The van der Waals surface area contributed by atoms with E-state index in [1.54, 1.807) is 11.0 Å². The van der Waals surface area contributed by atoms with Crippen molar-refractivity contribution in [3.63, 3.8) is 0 Å². The maximum absolute atomic E-state index is 12.5. The summed E-state index contributed by atoms with van der Waals surface area (Å²) in [6, 6.07) is 2.29. The van der Waals surface area contributed by atoms with Crippen LogP contribution in [0.25, 0.3) is 0 Å². The Labute approximate surface area is 139 Å². The fourth-order valence-corrected chi connectivity index (χ4v) is 3.54. The molecule has 1 unspecified atom stereocenters. The van der Waals surface area contributed by atoms with Crippen molar-refractivity contribution in [2.24, 2.45) is 5.73 Å². The summed E-state index contributed by atoms with van der Waals surface area (Å²) in [6.45, 7) is 2.43. The highest BCUT2D eigenvalue weighted by Gasteiger charge is 2.33. The Morgan fingerprint density at radius 3 is 2.73 bits per heavy atom. The van der Waals surface area contributed by atoms with E-state index in [0.29, 0.717) is 29.4 Å². The van der Waals surface area contributed by atoms with Crippen molar-refractivity contribution < 1.29 is 14.7 Å². The molecular weight excluding hydrogens is 327 g/mol. The normalized spacial score (nSPS) is 18.7. The standard InChI is InChI=1S/C15H18Cl2N2O3/c1-2-13-10-5-8(16)6-11(17)9(10)3-4-19(13)15(22)12(18)7-14(20)21/h5-6,12-13H,2-4,7,18H2,1H3,(H,20,21)/t12-,13?/m0/s1. The molecular formula is C15H18Cl2N2O3. The van der Waals surface area contributed by atoms with Gasteiger partial charge in [0.05, 0.1) is 18.5 Å². The number of hydrogen-bond acceptors (Lipinski definition) is 3. The zero-order chi connectivity index (χ0) is 16.4. The van der Waals surface area contributed by atoms with Crippen molar-refractivity contribution in [2.45, 2.75) is 38.3 Å². The van der Waals surface area contributed by atoms with Crippen LogP contribution < -0.4 is 5.73 Å². The molecule has 1 aliphatic rings. The second-order valence-electron chi connectivity index (χ2n) is 5.37. The number of nitrogens with zero attached hydrogens (tertiary/aromatic N) is 1. The van der Waals surface area contributed by atoms with E-state index in [1.807, 2.05) is 13.0 Å². The third-order valence-electron chi connectivity index (χ3n) is 3.91. The summed E-state index contributed by atoms with van der Waals surface area (Å²) in [5.74, 6) is -1.44. The third-order valence-corrected chi connectivity index (χ3v) is 4.47. The zero-order valence-corrected chi connectivity index (χ0v) is 13.7. The molecule has 5 nitrogen and oxygen atoms in total. The summed E-state index contributed by atoms with van der Waals surface area (Å²) in [4.78, 5) is 24.8. The number of hydrogen-bond donors (Lipinski definition) is 2. The number of carbonyl (C=O) groups excluding carboxylic acids is 1. The second kappa shape index (κ2) is 6.86. The van der Waals surface area contributed by atoms with Crippen LogP contribution in [0.15, 0.2) is 12.1 Å². The van der Waals surface area contributed by atoms with Gasteiger partial charge in [0.15, 0.2) is 0 Å². The van der Waals surface area contributed by atoms with Gasteiger partial charge >= 0.3 is 5.97 Å². The molecule has 1 aromatic rings. The predicted molar refractivity (Wildman–Crippen MR) is 85.1 cm³/mol. The molecule has 0 bridgehead atoms. The van der Waals surface area contributed by atoms with Crippen LogP contribution in [-0.2, 0) is 16.0 Å². The van der Waals surface area contributed by atoms with Gasteiger partial charge in [0.2, 0.25) is 5.91 Å². The molecule has 0 spiro atoms. The molecule has 0 fully saturated rings. The van der Waals surface area contributed by atoms with Crippen LogP contribution in [0.4, 0.5) is 0 Å². The molecule has 1 aromatic carbocycles. The lowest BCUT2D eigenvalue weighted by Crippen LogP contribution is -2.48. The molecule has 3 N–H and O–H groups in total. The molecule has 1 heterocycles. The van der Waals surface area contributed by atoms with Gasteiger partial charge in [-0.05, 0) is 36.1 Å². The first-order valence-electron chi connectivity index (χ1n) is 7.10. The molecule has 0 saturated carbocycles. The molecule has 22 heavy (non-hydrogen) atoms.